The van der Waals surface area contributed by atoms with Gasteiger partial charge < -0.3 is 15.1 Å². The van der Waals surface area contributed by atoms with E-state index in [4.69, 9.17) is 9.56 Å². The monoisotopic (exact) mass is 459 g/mol. The maximum atomic E-state index is 10.9. The molecule has 0 radical (unpaired) electrons. The topological polar surface area (TPSA) is 123 Å². The highest BCUT2D eigenvalue weighted by molar-refractivity contribution is 14.0. The van der Waals surface area contributed by atoms with Crippen molar-refractivity contribution in [1.29, 1.82) is 0 Å². The minimum Gasteiger partial charge on any atom is -0.443 e. The van der Waals surface area contributed by atoms with Gasteiger partial charge in [-0.2, -0.15) is 0 Å². The van der Waals surface area contributed by atoms with Crippen molar-refractivity contribution in [1.82, 2.24) is 15.6 Å². The molecule has 10 heteroatoms. The first-order valence-corrected chi connectivity index (χ1v) is 8.81. The molecule has 0 bridgehead atoms. The van der Waals surface area contributed by atoms with Crippen LogP contribution in [0.3, 0.4) is 0 Å². The molecule has 0 saturated carbocycles. The van der Waals surface area contributed by atoms with Crippen molar-refractivity contribution < 1.29 is 12.8 Å². The third-order valence-corrected chi connectivity index (χ3v) is 3.46. The van der Waals surface area contributed by atoms with E-state index in [0.29, 0.717) is 18.4 Å². The van der Waals surface area contributed by atoms with E-state index in [1.165, 1.54) is 0 Å². The molecule has 134 valence electrons. The number of hydrogen-bond acceptors (Lipinski definition) is 5. The van der Waals surface area contributed by atoms with Gasteiger partial charge in [0, 0.05) is 18.5 Å². The molecule has 0 fully saturated rings. The molecule has 0 aliphatic rings. The van der Waals surface area contributed by atoms with E-state index in [9.17, 15) is 8.42 Å². The number of nitrogens with one attached hydrogen (secondary N) is 2. The van der Waals surface area contributed by atoms with Gasteiger partial charge in [-0.3, -0.25) is 0 Å². The first kappa shape index (κ1) is 22.1. The normalized spacial score (nSPS) is 12.7. The zero-order chi connectivity index (χ0) is 16.8. The fourth-order valence-electron chi connectivity index (χ4n) is 1.53. The minimum atomic E-state index is -3.49. The van der Waals surface area contributed by atoms with E-state index in [1.807, 2.05) is 27.7 Å². The van der Waals surface area contributed by atoms with Crippen molar-refractivity contribution in [2.75, 3.05) is 18.8 Å². The van der Waals surface area contributed by atoms with Gasteiger partial charge in [-0.15, -0.1) is 24.0 Å². The van der Waals surface area contributed by atoms with Crippen molar-refractivity contribution in [3.63, 3.8) is 0 Å². The van der Waals surface area contributed by atoms with Crippen LogP contribution in [0.15, 0.2) is 15.6 Å². The van der Waals surface area contributed by atoms with E-state index >= 15 is 0 Å². The van der Waals surface area contributed by atoms with Crippen molar-refractivity contribution in [3.8, 4) is 0 Å². The Hall–Kier alpha value is -0.880. The summed E-state index contributed by atoms with van der Waals surface area (Å²) in [5.41, 5.74) is -0.104. The summed E-state index contributed by atoms with van der Waals surface area (Å²) < 4.78 is 27.4. The summed E-state index contributed by atoms with van der Waals surface area (Å²) in [6, 6.07) is 0. The quantitative estimate of drug-likeness (QED) is 0.331. The van der Waals surface area contributed by atoms with Gasteiger partial charge in [0.15, 0.2) is 5.96 Å². The number of aromatic nitrogens is 1. The van der Waals surface area contributed by atoms with Crippen LogP contribution in [-0.4, -0.2) is 38.2 Å². The van der Waals surface area contributed by atoms with Gasteiger partial charge in [-0.05, 0) is 6.92 Å². The second kappa shape index (κ2) is 9.42. The van der Waals surface area contributed by atoms with E-state index in [0.717, 1.165) is 5.76 Å². The van der Waals surface area contributed by atoms with Crippen LogP contribution in [-0.2, 0) is 22.0 Å². The smallest absolute Gasteiger partial charge is 0.216 e. The number of sulfonamides is 1. The molecule has 0 aliphatic heterocycles. The Balaban J connectivity index is 0.00000484. The summed E-state index contributed by atoms with van der Waals surface area (Å²) in [5.74, 6) is 1.63. The lowest BCUT2D eigenvalue weighted by atomic mass is 9.94. The maximum Gasteiger partial charge on any atom is 0.216 e. The standard InChI is InChI=1S/C13H25N5O3S.HI/c1-5-15-12(16-6-7-22(14,19)20)18-9-11-17-8-10(21-11)13(2,3)4;/h8H,5-7,9H2,1-4H3,(H2,14,19,20)(H2,15,16,18);1H. The highest BCUT2D eigenvalue weighted by Crippen LogP contribution is 2.22. The molecule has 4 N–H and O–H groups in total. The van der Waals surface area contributed by atoms with Crippen LogP contribution >= 0.6 is 24.0 Å². The van der Waals surface area contributed by atoms with Gasteiger partial charge in [-0.1, -0.05) is 20.8 Å². The molecule has 0 aliphatic carbocycles. The molecule has 0 saturated heterocycles. The molecule has 0 atom stereocenters. The van der Waals surface area contributed by atoms with Crippen LogP contribution in [0.4, 0.5) is 0 Å². The number of guanidine groups is 1. The number of halogens is 1. The summed E-state index contributed by atoms with van der Waals surface area (Å²) in [5, 5.41) is 10.9. The van der Waals surface area contributed by atoms with Crippen molar-refractivity contribution in [3.05, 3.63) is 17.8 Å². The Kier molecular flexibility index (Phi) is 9.06. The lowest BCUT2D eigenvalue weighted by Gasteiger charge is -2.13. The molecular weight excluding hydrogens is 433 g/mol. The molecule has 8 nitrogen and oxygen atoms in total. The molecule has 0 spiro atoms. The summed E-state index contributed by atoms with van der Waals surface area (Å²) in [6.45, 7) is 9.14. The number of oxazole rings is 1. The zero-order valence-corrected chi connectivity index (χ0v) is 17.1. The minimum absolute atomic E-state index is 0. The fraction of sp³-hybridized carbons (Fsp3) is 0.692. The third-order valence-electron chi connectivity index (χ3n) is 2.69. The van der Waals surface area contributed by atoms with E-state index in [-0.39, 0.29) is 48.2 Å². The van der Waals surface area contributed by atoms with Crippen LogP contribution in [0, 0.1) is 0 Å². The Morgan fingerprint density at radius 2 is 2.04 bits per heavy atom. The molecule has 23 heavy (non-hydrogen) atoms. The number of nitrogens with two attached hydrogens (primary N) is 1. The number of hydrogen-bond donors (Lipinski definition) is 3. The average molecular weight is 459 g/mol. The Bertz CT molecular complexity index is 607. The summed E-state index contributed by atoms with van der Waals surface area (Å²) in [4.78, 5) is 8.49. The van der Waals surface area contributed by atoms with Crippen molar-refractivity contribution in [2.45, 2.75) is 39.7 Å². The van der Waals surface area contributed by atoms with Crippen LogP contribution in [0.25, 0.3) is 0 Å². The van der Waals surface area contributed by atoms with Crippen LogP contribution in [0.2, 0.25) is 0 Å². The highest BCUT2D eigenvalue weighted by Gasteiger charge is 2.19. The molecule has 0 aromatic carbocycles. The molecule has 1 rings (SSSR count). The summed E-state index contributed by atoms with van der Waals surface area (Å²) in [6.07, 6.45) is 1.70. The maximum absolute atomic E-state index is 10.9. The van der Waals surface area contributed by atoms with Gasteiger partial charge in [0.05, 0.1) is 11.9 Å². The van der Waals surface area contributed by atoms with Crippen molar-refractivity contribution in [2.24, 2.45) is 10.1 Å². The number of rotatable bonds is 6. The van der Waals surface area contributed by atoms with Crippen LogP contribution < -0.4 is 15.8 Å². The highest BCUT2D eigenvalue weighted by atomic mass is 127. The van der Waals surface area contributed by atoms with Gasteiger partial charge in [-0.25, -0.2) is 23.5 Å². The number of primary sulfonamides is 1. The van der Waals surface area contributed by atoms with Gasteiger partial charge >= 0.3 is 0 Å². The Morgan fingerprint density at radius 1 is 1.39 bits per heavy atom. The van der Waals surface area contributed by atoms with Gasteiger partial charge in [0.25, 0.3) is 0 Å². The summed E-state index contributed by atoms with van der Waals surface area (Å²) >= 11 is 0. The largest absolute Gasteiger partial charge is 0.443 e. The molecular formula is C13H26IN5O3S. The molecule has 1 heterocycles. The molecule has 0 unspecified atom stereocenters. The predicted octanol–water partition coefficient (Wildman–Crippen LogP) is 0.934. The lowest BCUT2D eigenvalue weighted by molar-refractivity contribution is 0.383. The SMILES string of the molecule is CCNC(=NCc1ncc(C(C)(C)C)o1)NCCS(N)(=O)=O.I. The molecule has 1 aromatic heterocycles. The second-order valence-electron chi connectivity index (χ2n) is 5.86. The molecule has 0 amide bonds. The first-order chi connectivity index (χ1) is 10.1. The summed E-state index contributed by atoms with van der Waals surface area (Å²) in [7, 11) is -3.49. The van der Waals surface area contributed by atoms with E-state index in [2.05, 4.69) is 20.6 Å². The van der Waals surface area contributed by atoms with Crippen molar-refractivity contribution >= 4 is 40.0 Å². The number of nitrogens with zero attached hydrogens (tertiary/aromatic N) is 2. The first-order valence-electron chi connectivity index (χ1n) is 7.09. The predicted molar refractivity (Wildman–Crippen MR) is 101 cm³/mol. The average Bonchev–Trinajstić information content (AvgIpc) is 2.83. The molecule has 1 aromatic rings. The van der Waals surface area contributed by atoms with Crippen LogP contribution in [0.5, 0.6) is 0 Å². The second-order valence-corrected chi connectivity index (χ2v) is 7.59. The number of aliphatic imine (C=N–C) groups is 1. The Morgan fingerprint density at radius 3 is 2.52 bits per heavy atom. The van der Waals surface area contributed by atoms with Gasteiger partial charge in [0.1, 0.15) is 12.3 Å². The Labute approximate surface area is 154 Å². The van der Waals surface area contributed by atoms with E-state index in [1.54, 1.807) is 6.20 Å². The van der Waals surface area contributed by atoms with Crippen LogP contribution in [0.1, 0.15) is 39.3 Å². The fourth-order valence-corrected chi connectivity index (χ4v) is 1.92. The third kappa shape index (κ3) is 9.11. The van der Waals surface area contributed by atoms with E-state index < -0.39 is 10.0 Å². The lowest BCUT2D eigenvalue weighted by Crippen LogP contribution is -2.40. The van der Waals surface area contributed by atoms with Gasteiger partial charge in [0.2, 0.25) is 15.9 Å². The zero-order valence-electron chi connectivity index (χ0n) is 13.9.